The van der Waals surface area contributed by atoms with Gasteiger partial charge in [-0.05, 0) is 43.1 Å². The van der Waals surface area contributed by atoms with Gasteiger partial charge >= 0.3 is 0 Å². The topological polar surface area (TPSA) is 72.1 Å². The number of nitrogens with one attached hydrogen (secondary N) is 2. The van der Waals surface area contributed by atoms with Crippen molar-refractivity contribution in [2.45, 2.75) is 32.5 Å². The first kappa shape index (κ1) is 18.6. The van der Waals surface area contributed by atoms with Crippen molar-refractivity contribution in [3.05, 3.63) is 79.0 Å². The molecule has 0 aliphatic rings. The molecule has 2 heterocycles. The number of aromatic nitrogens is 2. The molecule has 7 heteroatoms. The van der Waals surface area contributed by atoms with E-state index in [0.29, 0.717) is 6.54 Å². The maximum Gasteiger partial charge on any atom is 0.260 e. The third-order valence-electron chi connectivity index (χ3n) is 4.25. The number of H-pyrrole nitrogens is 2. The molecule has 0 fully saturated rings. The molecule has 0 radical (unpaired) electrons. The molecule has 3 aromatic rings. The first-order valence-corrected chi connectivity index (χ1v) is 9.64. The molecule has 0 aliphatic heterocycles. The summed E-state index contributed by atoms with van der Waals surface area (Å²) in [7, 11) is 0. The van der Waals surface area contributed by atoms with Gasteiger partial charge < -0.3 is 10.1 Å². The third kappa shape index (κ3) is 3.95. The number of hydrogen-bond donors (Lipinski definition) is 3. The molecule has 0 spiro atoms. The fourth-order valence-electron chi connectivity index (χ4n) is 3.02. The Labute approximate surface area is 161 Å². The number of rotatable bonds is 6. The van der Waals surface area contributed by atoms with E-state index in [2.05, 4.69) is 40.8 Å². The van der Waals surface area contributed by atoms with Crippen molar-refractivity contribution < 1.29 is 5.11 Å². The van der Waals surface area contributed by atoms with Gasteiger partial charge in [0, 0.05) is 17.5 Å². The van der Waals surface area contributed by atoms with Crippen LogP contribution in [-0.4, -0.2) is 26.0 Å². The first-order chi connectivity index (χ1) is 12.5. The lowest BCUT2D eigenvalue weighted by Gasteiger charge is -2.34. The fraction of sp³-hybridized carbons (Fsp3) is 0.263. The van der Waals surface area contributed by atoms with Crippen molar-refractivity contribution in [3.63, 3.8) is 0 Å². The van der Waals surface area contributed by atoms with E-state index in [1.165, 1.54) is 0 Å². The number of aromatic amines is 2. The van der Waals surface area contributed by atoms with E-state index in [0.717, 1.165) is 10.4 Å². The minimum Gasteiger partial charge on any atom is -0.494 e. The highest BCUT2D eigenvalue weighted by atomic mass is 32.1. The zero-order valence-electron chi connectivity index (χ0n) is 14.6. The van der Waals surface area contributed by atoms with Gasteiger partial charge in [-0.1, -0.05) is 36.4 Å². The molecule has 0 bridgehead atoms. The van der Waals surface area contributed by atoms with Gasteiger partial charge in [-0.25, -0.2) is 0 Å². The van der Waals surface area contributed by atoms with Crippen molar-refractivity contribution in [3.8, 4) is 5.88 Å². The molecular weight excluding hydrogens is 366 g/mol. The van der Waals surface area contributed by atoms with Crippen LogP contribution in [0.4, 0.5) is 0 Å². The summed E-state index contributed by atoms with van der Waals surface area (Å²) in [5.74, 6) is -0.184. The van der Waals surface area contributed by atoms with Crippen molar-refractivity contribution in [2.24, 2.45) is 0 Å². The monoisotopic (exact) mass is 387 g/mol. The average molecular weight is 388 g/mol. The van der Waals surface area contributed by atoms with Gasteiger partial charge in [0.15, 0.2) is 4.77 Å². The Morgan fingerprint density at radius 1 is 1.15 bits per heavy atom. The maximum absolute atomic E-state index is 12.7. The van der Waals surface area contributed by atoms with Gasteiger partial charge in [-0.3, -0.25) is 14.7 Å². The molecule has 5 nitrogen and oxygen atoms in total. The third-order valence-corrected chi connectivity index (χ3v) is 5.38. The minimum atomic E-state index is -0.384. The van der Waals surface area contributed by atoms with Crippen LogP contribution in [-0.2, 0) is 6.54 Å². The Morgan fingerprint density at radius 3 is 2.46 bits per heavy atom. The summed E-state index contributed by atoms with van der Waals surface area (Å²) in [6.45, 7) is 4.81. The SMILES string of the molecule is CC(C)N(Cc1ccccc1)[C@H](c1cccs1)c1c(O)[nH]c(=S)[nH]c1=O. The van der Waals surface area contributed by atoms with E-state index in [-0.39, 0.29) is 33.9 Å². The van der Waals surface area contributed by atoms with Gasteiger partial charge in [0.25, 0.3) is 5.56 Å². The highest BCUT2D eigenvalue weighted by molar-refractivity contribution is 7.71. The van der Waals surface area contributed by atoms with Crippen LogP contribution in [0.2, 0.25) is 0 Å². The molecule has 0 aliphatic carbocycles. The molecular formula is C19H21N3O2S2. The molecule has 26 heavy (non-hydrogen) atoms. The lowest BCUT2D eigenvalue weighted by Crippen LogP contribution is -2.37. The molecule has 0 saturated carbocycles. The lowest BCUT2D eigenvalue weighted by atomic mass is 10.0. The summed E-state index contributed by atoms with van der Waals surface area (Å²) in [6.07, 6.45) is 0. The molecule has 3 rings (SSSR count). The van der Waals surface area contributed by atoms with Crippen LogP contribution in [0, 0.1) is 4.77 Å². The second kappa shape index (κ2) is 7.99. The van der Waals surface area contributed by atoms with E-state index >= 15 is 0 Å². The lowest BCUT2D eigenvalue weighted by molar-refractivity contribution is 0.166. The van der Waals surface area contributed by atoms with Crippen molar-refractivity contribution in [2.75, 3.05) is 0 Å². The number of benzene rings is 1. The largest absolute Gasteiger partial charge is 0.494 e. The molecule has 3 N–H and O–H groups in total. The van der Waals surface area contributed by atoms with Crippen LogP contribution in [0.15, 0.2) is 52.6 Å². The normalized spacial score (nSPS) is 12.6. The molecule has 1 atom stereocenters. The summed E-state index contributed by atoms with van der Waals surface area (Å²) in [5.41, 5.74) is 1.05. The zero-order chi connectivity index (χ0) is 18.7. The van der Waals surface area contributed by atoms with Crippen molar-refractivity contribution >= 4 is 23.6 Å². The maximum atomic E-state index is 12.7. The number of thiophene rings is 1. The second-order valence-corrected chi connectivity index (χ2v) is 7.73. The molecule has 0 amide bonds. The Kier molecular flexibility index (Phi) is 5.70. The highest BCUT2D eigenvalue weighted by Gasteiger charge is 2.30. The van der Waals surface area contributed by atoms with Crippen LogP contribution in [0.5, 0.6) is 5.88 Å². The fourth-order valence-corrected chi connectivity index (χ4v) is 4.07. The first-order valence-electron chi connectivity index (χ1n) is 8.36. The summed E-state index contributed by atoms with van der Waals surface area (Å²) >= 11 is 6.53. The van der Waals surface area contributed by atoms with Crippen LogP contribution in [0.1, 0.15) is 35.9 Å². The quantitative estimate of drug-likeness (QED) is 0.554. The van der Waals surface area contributed by atoms with Gasteiger partial charge in [0.2, 0.25) is 5.88 Å². The molecule has 0 unspecified atom stereocenters. The predicted molar refractivity (Wildman–Crippen MR) is 107 cm³/mol. The smallest absolute Gasteiger partial charge is 0.260 e. The van der Waals surface area contributed by atoms with Gasteiger partial charge in [0.05, 0.1) is 11.6 Å². The van der Waals surface area contributed by atoms with Crippen LogP contribution >= 0.6 is 23.6 Å². The van der Waals surface area contributed by atoms with E-state index in [9.17, 15) is 9.90 Å². The molecule has 136 valence electrons. The summed E-state index contributed by atoms with van der Waals surface area (Å²) in [4.78, 5) is 21.1. The van der Waals surface area contributed by atoms with Gasteiger partial charge in [-0.2, -0.15) is 0 Å². The minimum absolute atomic E-state index is 0.111. The van der Waals surface area contributed by atoms with E-state index in [1.54, 1.807) is 11.3 Å². The van der Waals surface area contributed by atoms with Crippen LogP contribution < -0.4 is 5.56 Å². The van der Waals surface area contributed by atoms with E-state index in [4.69, 9.17) is 12.2 Å². The molecule has 0 saturated heterocycles. The zero-order valence-corrected chi connectivity index (χ0v) is 16.2. The van der Waals surface area contributed by atoms with Crippen LogP contribution in [0.3, 0.4) is 0 Å². The standard InChI is InChI=1S/C19H21N3O2S2/c1-12(2)22(11-13-7-4-3-5-8-13)16(14-9-6-10-26-14)15-17(23)20-19(25)21-18(15)24/h3-10,12,16H,11H2,1-2H3,(H3,20,21,23,24,25)/t16-/m1/s1. The Hall–Kier alpha value is -2.22. The van der Waals surface area contributed by atoms with E-state index < -0.39 is 0 Å². The van der Waals surface area contributed by atoms with Gasteiger partial charge in [-0.15, -0.1) is 11.3 Å². The Morgan fingerprint density at radius 2 is 1.88 bits per heavy atom. The highest BCUT2D eigenvalue weighted by Crippen LogP contribution is 2.35. The summed E-state index contributed by atoms with van der Waals surface area (Å²) < 4.78 is 0.111. The van der Waals surface area contributed by atoms with Crippen molar-refractivity contribution in [1.29, 1.82) is 0 Å². The number of aromatic hydroxyl groups is 1. The average Bonchev–Trinajstić information content (AvgIpc) is 3.11. The summed E-state index contributed by atoms with van der Waals surface area (Å²) in [6, 6.07) is 13.8. The predicted octanol–water partition coefficient (Wildman–Crippen LogP) is 4.20. The molecule has 2 aromatic heterocycles. The Balaban J connectivity index is 2.14. The molecule has 1 aromatic carbocycles. The Bertz CT molecular complexity index is 962. The van der Waals surface area contributed by atoms with E-state index in [1.807, 2.05) is 35.7 Å². The summed E-state index contributed by atoms with van der Waals surface area (Å²) in [5, 5.41) is 12.4. The van der Waals surface area contributed by atoms with Crippen molar-refractivity contribution in [1.82, 2.24) is 14.9 Å². The van der Waals surface area contributed by atoms with Gasteiger partial charge in [0.1, 0.15) is 0 Å². The number of nitrogens with zero attached hydrogens (tertiary/aromatic N) is 1. The number of hydrogen-bond acceptors (Lipinski definition) is 5. The second-order valence-electron chi connectivity index (χ2n) is 6.34. The van der Waals surface area contributed by atoms with Crippen LogP contribution in [0.25, 0.3) is 0 Å².